The van der Waals surface area contributed by atoms with Crippen molar-refractivity contribution < 1.29 is 38.9 Å². The van der Waals surface area contributed by atoms with Crippen LogP contribution in [0.2, 0.25) is 0 Å². The highest BCUT2D eigenvalue weighted by molar-refractivity contribution is 5.86. The first-order valence-corrected chi connectivity index (χ1v) is 15.1. The van der Waals surface area contributed by atoms with Crippen LogP contribution in [0.3, 0.4) is 0 Å². The number of hydrogen-bond donors (Lipinski definition) is 2. The Morgan fingerprint density at radius 2 is 1.27 bits per heavy atom. The monoisotopic (exact) mass is 567 g/mol. The van der Waals surface area contributed by atoms with Gasteiger partial charge >= 0.3 is 23.9 Å². The summed E-state index contributed by atoms with van der Waals surface area (Å²) in [6.45, 7) is 12.3. The Morgan fingerprint density at radius 3 is 1.65 bits per heavy atom. The largest absolute Gasteiger partial charge is 0.481 e. The predicted octanol–water partition coefficient (Wildman–Crippen LogP) is 6.63. The minimum absolute atomic E-state index is 0.137. The van der Waals surface area contributed by atoms with E-state index in [0.717, 1.165) is 57.8 Å². The van der Waals surface area contributed by atoms with Gasteiger partial charge in [0.05, 0.1) is 37.5 Å². The highest BCUT2D eigenvalue weighted by atomic mass is 16.5. The van der Waals surface area contributed by atoms with E-state index in [0.29, 0.717) is 19.4 Å². The van der Waals surface area contributed by atoms with Crippen LogP contribution in [-0.4, -0.2) is 47.3 Å². The summed E-state index contributed by atoms with van der Waals surface area (Å²) in [5, 5.41) is 27.9. The van der Waals surface area contributed by atoms with Crippen molar-refractivity contribution in [2.75, 3.05) is 13.2 Å². The van der Waals surface area contributed by atoms with E-state index in [9.17, 15) is 24.4 Å². The summed E-state index contributed by atoms with van der Waals surface area (Å²) in [7, 11) is 0. The Labute approximate surface area is 241 Å². The molecule has 40 heavy (non-hydrogen) atoms. The molecule has 0 spiro atoms. The number of nitriles is 1. The van der Waals surface area contributed by atoms with Gasteiger partial charge in [0, 0.05) is 0 Å². The summed E-state index contributed by atoms with van der Waals surface area (Å²) in [5.74, 6) is -4.20. The zero-order chi connectivity index (χ0) is 30.7. The van der Waals surface area contributed by atoms with E-state index in [1.807, 2.05) is 41.5 Å². The number of carbonyl (C=O) groups excluding carboxylic acids is 2. The fourth-order valence-electron chi connectivity index (χ4n) is 4.91. The number of unbranched alkanes of at least 4 members (excludes halogenated alkanes) is 2. The molecule has 3 unspecified atom stereocenters. The zero-order valence-electron chi connectivity index (χ0n) is 25.6. The van der Waals surface area contributed by atoms with Crippen molar-refractivity contribution in [3.63, 3.8) is 0 Å². The van der Waals surface area contributed by atoms with E-state index in [4.69, 9.17) is 19.7 Å². The number of carboxylic acid groups (broad SMARTS) is 2. The molecule has 0 aromatic rings. The molecule has 1 saturated carbocycles. The normalized spacial score (nSPS) is 16.6. The number of hydrogen-bond acceptors (Lipinski definition) is 7. The van der Waals surface area contributed by atoms with E-state index in [-0.39, 0.29) is 30.8 Å². The minimum Gasteiger partial charge on any atom is -0.481 e. The van der Waals surface area contributed by atoms with Crippen LogP contribution in [-0.2, 0) is 28.7 Å². The van der Waals surface area contributed by atoms with Gasteiger partial charge in [-0.1, -0.05) is 86.5 Å². The van der Waals surface area contributed by atoms with E-state index < -0.39 is 41.1 Å². The van der Waals surface area contributed by atoms with Gasteiger partial charge in [0.2, 0.25) is 0 Å². The average Bonchev–Trinajstić information content (AvgIpc) is 2.91. The molecule has 9 nitrogen and oxygen atoms in total. The lowest BCUT2D eigenvalue weighted by Gasteiger charge is -2.34. The van der Waals surface area contributed by atoms with Crippen LogP contribution in [0.25, 0.3) is 0 Å². The van der Waals surface area contributed by atoms with Crippen LogP contribution < -0.4 is 0 Å². The Bertz CT molecular complexity index is 789. The number of esters is 2. The third kappa shape index (κ3) is 13.6. The number of ether oxygens (including phenoxy) is 2. The highest BCUT2D eigenvalue weighted by Crippen LogP contribution is 2.42. The summed E-state index contributed by atoms with van der Waals surface area (Å²) in [6.07, 6.45) is 8.67. The third-order valence-electron chi connectivity index (χ3n) is 7.27. The van der Waals surface area contributed by atoms with Gasteiger partial charge in [-0.2, -0.15) is 5.26 Å². The number of aliphatic carboxylic acids is 2. The smallest absolute Gasteiger partial charge is 0.327 e. The van der Waals surface area contributed by atoms with Gasteiger partial charge in [0.1, 0.15) is 0 Å². The topological polar surface area (TPSA) is 151 Å². The fourth-order valence-corrected chi connectivity index (χ4v) is 4.91. The van der Waals surface area contributed by atoms with E-state index in [1.54, 1.807) is 0 Å². The van der Waals surface area contributed by atoms with Gasteiger partial charge in [-0.25, -0.2) is 0 Å². The molecule has 1 rings (SSSR count). The van der Waals surface area contributed by atoms with Crippen LogP contribution in [0.15, 0.2) is 0 Å². The summed E-state index contributed by atoms with van der Waals surface area (Å²) in [6, 6.07) is 2.15. The molecular weight excluding hydrogens is 514 g/mol. The lowest BCUT2D eigenvalue weighted by molar-refractivity contribution is -0.164. The molecule has 0 aromatic heterocycles. The number of carbonyl (C=O) groups is 4. The van der Waals surface area contributed by atoms with Gasteiger partial charge in [0.15, 0.2) is 5.41 Å². The van der Waals surface area contributed by atoms with Crippen molar-refractivity contribution in [1.82, 2.24) is 0 Å². The second kappa shape index (κ2) is 20.3. The predicted molar refractivity (Wildman–Crippen MR) is 152 cm³/mol. The molecule has 1 aliphatic rings. The molecular formula is C31H53NO8. The lowest BCUT2D eigenvalue weighted by atomic mass is 9.67. The van der Waals surface area contributed by atoms with Crippen molar-refractivity contribution in [3.05, 3.63) is 0 Å². The Hall–Kier alpha value is -2.63. The molecule has 0 aromatic carbocycles. The maximum absolute atomic E-state index is 12.7. The van der Waals surface area contributed by atoms with Crippen LogP contribution in [0.1, 0.15) is 119 Å². The zero-order valence-corrected chi connectivity index (χ0v) is 25.6. The highest BCUT2D eigenvalue weighted by Gasteiger charge is 2.50. The third-order valence-corrected chi connectivity index (χ3v) is 7.27. The molecule has 0 aliphatic heterocycles. The second-order valence-corrected chi connectivity index (χ2v) is 11.8. The molecule has 9 heteroatoms. The molecule has 0 amide bonds. The molecule has 230 valence electrons. The average molecular weight is 568 g/mol. The maximum Gasteiger partial charge on any atom is 0.327 e. The Morgan fingerprint density at radius 1 is 0.825 bits per heavy atom. The standard InChI is InChI=1S/C19H31NO4.C12H22O4/c1-14(2)11-23-17(21)10-19(13-20,16-8-6-5-7-9-16)18(22)24-12-15(3)4;1-3-5-7-9(11(13)14)10(12(15)16)8-6-4-2/h14-16H,5-12H2,1-4H3;9-10H,3-8H2,1-2H3,(H,13,14)(H,15,16). The number of carboxylic acids is 2. The van der Waals surface area contributed by atoms with Crippen LogP contribution in [0.5, 0.6) is 0 Å². The van der Waals surface area contributed by atoms with Gasteiger partial charge < -0.3 is 19.7 Å². The van der Waals surface area contributed by atoms with Crippen molar-refractivity contribution in [3.8, 4) is 6.07 Å². The first-order chi connectivity index (χ1) is 18.9. The van der Waals surface area contributed by atoms with Crippen molar-refractivity contribution >= 4 is 23.9 Å². The van der Waals surface area contributed by atoms with E-state index in [1.165, 1.54) is 0 Å². The second-order valence-electron chi connectivity index (χ2n) is 11.8. The number of nitrogens with zero attached hydrogens (tertiary/aromatic N) is 1. The molecule has 1 fully saturated rings. The minimum atomic E-state index is -1.41. The fraction of sp³-hybridized carbons (Fsp3) is 0.839. The molecule has 3 atom stereocenters. The summed E-state index contributed by atoms with van der Waals surface area (Å²) < 4.78 is 10.6. The Balaban J connectivity index is 0.000000829. The molecule has 0 heterocycles. The van der Waals surface area contributed by atoms with Gasteiger partial charge in [-0.05, 0) is 43.4 Å². The summed E-state index contributed by atoms with van der Waals surface area (Å²) in [4.78, 5) is 47.0. The van der Waals surface area contributed by atoms with Crippen LogP contribution in [0, 0.1) is 46.3 Å². The number of rotatable bonds is 17. The van der Waals surface area contributed by atoms with Crippen molar-refractivity contribution in [2.24, 2.45) is 35.0 Å². The van der Waals surface area contributed by atoms with E-state index in [2.05, 4.69) is 6.07 Å². The Kier molecular flexibility index (Phi) is 18.9. The van der Waals surface area contributed by atoms with E-state index >= 15 is 0 Å². The van der Waals surface area contributed by atoms with Crippen LogP contribution in [0.4, 0.5) is 0 Å². The summed E-state index contributed by atoms with van der Waals surface area (Å²) >= 11 is 0. The first kappa shape index (κ1) is 37.4. The first-order valence-electron chi connectivity index (χ1n) is 15.1. The lowest BCUT2D eigenvalue weighted by Crippen LogP contribution is -2.42. The van der Waals surface area contributed by atoms with Crippen molar-refractivity contribution in [2.45, 2.75) is 119 Å². The quantitative estimate of drug-likeness (QED) is 0.184. The van der Waals surface area contributed by atoms with Gasteiger partial charge in [0.25, 0.3) is 0 Å². The van der Waals surface area contributed by atoms with Crippen LogP contribution >= 0.6 is 0 Å². The SMILES string of the molecule is CC(C)COC(=O)CC(C#N)(C(=O)OCC(C)C)C1CCCCC1.CCCCC(C(=O)O)C(CCCC)C(=O)O. The van der Waals surface area contributed by atoms with Gasteiger partial charge in [-0.3, -0.25) is 19.2 Å². The molecule has 2 N–H and O–H groups in total. The molecule has 1 aliphatic carbocycles. The maximum atomic E-state index is 12.7. The molecule has 0 bridgehead atoms. The van der Waals surface area contributed by atoms with Gasteiger partial charge in [-0.15, -0.1) is 0 Å². The molecule has 0 saturated heterocycles. The molecule has 0 radical (unpaired) electrons. The van der Waals surface area contributed by atoms with Crippen molar-refractivity contribution in [1.29, 1.82) is 5.26 Å². The summed E-state index contributed by atoms with van der Waals surface area (Å²) in [5.41, 5.74) is -1.41.